The monoisotopic (exact) mass is 405 g/mol. The van der Waals surface area contributed by atoms with Crippen molar-refractivity contribution < 1.29 is 18.3 Å². The summed E-state index contributed by atoms with van der Waals surface area (Å²) in [6.07, 6.45) is 0.946. The fourth-order valence-corrected chi connectivity index (χ4v) is 2.36. The first-order valence-corrected chi connectivity index (χ1v) is 8.20. The predicted molar refractivity (Wildman–Crippen MR) is 103 cm³/mol. The van der Waals surface area contributed by atoms with Crippen molar-refractivity contribution in [3.05, 3.63) is 89.1 Å². The normalized spacial score (nSPS) is 10.1. The summed E-state index contributed by atoms with van der Waals surface area (Å²) in [5.74, 6) is -1.42. The molecule has 1 heterocycles. The number of nitrogens with two attached hydrogens (primary N) is 1. The molecule has 146 valence electrons. The minimum Gasteiger partial charge on any atom is -0.438 e. The summed E-state index contributed by atoms with van der Waals surface area (Å²) in [5.41, 5.74) is 7.34. The summed E-state index contributed by atoms with van der Waals surface area (Å²) in [6, 6.07) is 13.7. The molecule has 28 heavy (non-hydrogen) atoms. The number of nitrogens with zero attached hydrogens (tertiary/aromatic N) is 1. The third-order valence-electron chi connectivity index (χ3n) is 3.80. The maximum absolute atomic E-state index is 13.6. The van der Waals surface area contributed by atoms with Crippen molar-refractivity contribution in [3.8, 4) is 11.6 Å². The van der Waals surface area contributed by atoms with E-state index in [4.69, 9.17) is 10.5 Å². The summed E-state index contributed by atoms with van der Waals surface area (Å²) in [4.78, 5) is 16.3. The number of hydrogen-bond acceptors (Lipinski definition) is 4. The molecule has 0 atom stereocenters. The van der Waals surface area contributed by atoms with Gasteiger partial charge in [-0.1, -0.05) is 24.3 Å². The van der Waals surface area contributed by atoms with Crippen molar-refractivity contribution in [2.45, 2.75) is 13.1 Å². The molecular formula is C20H18ClF2N3O2. The van der Waals surface area contributed by atoms with E-state index >= 15 is 0 Å². The van der Waals surface area contributed by atoms with Gasteiger partial charge in [-0.3, -0.25) is 4.79 Å². The summed E-state index contributed by atoms with van der Waals surface area (Å²) in [6.45, 7) is 0.682. The maximum atomic E-state index is 13.6. The average molecular weight is 406 g/mol. The molecule has 0 bridgehead atoms. The number of benzene rings is 2. The number of aromatic nitrogens is 1. The van der Waals surface area contributed by atoms with Crippen LogP contribution in [0.1, 0.15) is 21.5 Å². The molecule has 8 heteroatoms. The number of halogens is 3. The molecule has 0 saturated carbocycles. The van der Waals surface area contributed by atoms with Gasteiger partial charge in [-0.05, 0) is 41.5 Å². The minimum absolute atomic E-state index is 0. The Morgan fingerprint density at radius 1 is 1.00 bits per heavy atom. The van der Waals surface area contributed by atoms with E-state index in [0.717, 1.165) is 23.4 Å². The molecule has 5 nitrogen and oxygen atoms in total. The quantitative estimate of drug-likeness (QED) is 0.650. The van der Waals surface area contributed by atoms with Crippen LogP contribution >= 0.6 is 12.4 Å². The number of ether oxygens (including phenoxy) is 1. The van der Waals surface area contributed by atoms with Gasteiger partial charge in [-0.15, -0.1) is 12.4 Å². The predicted octanol–water partition coefficient (Wildman–Crippen LogP) is 3.96. The Morgan fingerprint density at radius 2 is 1.64 bits per heavy atom. The molecular weight excluding hydrogens is 388 g/mol. The van der Waals surface area contributed by atoms with E-state index in [2.05, 4.69) is 10.3 Å². The van der Waals surface area contributed by atoms with Crippen molar-refractivity contribution in [2.24, 2.45) is 5.73 Å². The van der Waals surface area contributed by atoms with E-state index < -0.39 is 17.5 Å². The molecule has 0 saturated heterocycles. The van der Waals surface area contributed by atoms with Gasteiger partial charge in [0.05, 0.1) is 6.20 Å². The van der Waals surface area contributed by atoms with Crippen molar-refractivity contribution in [2.75, 3.05) is 0 Å². The fraction of sp³-hybridized carbons (Fsp3) is 0.100. The Balaban J connectivity index is 0.00000280. The molecule has 0 aliphatic heterocycles. The molecule has 0 radical (unpaired) electrons. The number of carbonyl (C=O) groups excluding carboxylic acids is 1. The smallest absolute Gasteiger partial charge is 0.257 e. The Kier molecular flexibility index (Phi) is 7.43. The largest absolute Gasteiger partial charge is 0.438 e. The van der Waals surface area contributed by atoms with Crippen LogP contribution in [0.3, 0.4) is 0 Å². The van der Waals surface area contributed by atoms with E-state index in [0.29, 0.717) is 6.54 Å². The number of carbonyl (C=O) groups is 1. The van der Waals surface area contributed by atoms with Crippen LogP contribution in [0.2, 0.25) is 0 Å². The van der Waals surface area contributed by atoms with Gasteiger partial charge in [0, 0.05) is 13.1 Å². The minimum atomic E-state index is -0.668. The van der Waals surface area contributed by atoms with Gasteiger partial charge in [0.25, 0.3) is 5.91 Å². The number of amides is 1. The highest BCUT2D eigenvalue weighted by Gasteiger charge is 2.16. The zero-order valence-corrected chi connectivity index (χ0v) is 15.5. The van der Waals surface area contributed by atoms with Gasteiger partial charge in [0.15, 0.2) is 0 Å². The van der Waals surface area contributed by atoms with Crippen LogP contribution in [0, 0.1) is 11.6 Å². The number of pyridine rings is 1. The SMILES string of the molecule is Cl.NCc1ccc(CNC(=O)c2cc(F)cnc2Oc2ccc(F)cc2)cc1. The van der Waals surface area contributed by atoms with Crippen LogP contribution in [-0.4, -0.2) is 10.9 Å². The van der Waals surface area contributed by atoms with E-state index in [-0.39, 0.29) is 36.1 Å². The lowest BCUT2D eigenvalue weighted by Gasteiger charge is -2.11. The Morgan fingerprint density at radius 3 is 2.29 bits per heavy atom. The summed E-state index contributed by atoms with van der Waals surface area (Å²) < 4.78 is 32.1. The molecule has 0 spiro atoms. The van der Waals surface area contributed by atoms with E-state index in [9.17, 15) is 13.6 Å². The van der Waals surface area contributed by atoms with Crippen molar-refractivity contribution in [3.63, 3.8) is 0 Å². The first kappa shape index (κ1) is 21.3. The third-order valence-corrected chi connectivity index (χ3v) is 3.80. The van der Waals surface area contributed by atoms with Gasteiger partial charge in [0.2, 0.25) is 5.88 Å². The topological polar surface area (TPSA) is 77.2 Å². The molecule has 1 aromatic heterocycles. The second-order valence-corrected chi connectivity index (χ2v) is 5.77. The van der Waals surface area contributed by atoms with Gasteiger partial charge in [0.1, 0.15) is 22.9 Å². The Bertz CT molecular complexity index is 935. The van der Waals surface area contributed by atoms with Crippen LogP contribution < -0.4 is 15.8 Å². The van der Waals surface area contributed by atoms with Crippen LogP contribution in [0.15, 0.2) is 60.8 Å². The number of rotatable bonds is 6. The zero-order chi connectivity index (χ0) is 19.2. The maximum Gasteiger partial charge on any atom is 0.257 e. The molecule has 0 fully saturated rings. The van der Waals surface area contributed by atoms with E-state index in [1.807, 2.05) is 24.3 Å². The van der Waals surface area contributed by atoms with Gasteiger partial charge < -0.3 is 15.8 Å². The Hall–Kier alpha value is -3.03. The van der Waals surface area contributed by atoms with Gasteiger partial charge in [-0.25, -0.2) is 13.8 Å². The molecule has 3 aromatic rings. The lowest BCUT2D eigenvalue weighted by molar-refractivity contribution is 0.0947. The number of hydrogen-bond donors (Lipinski definition) is 2. The van der Waals surface area contributed by atoms with Gasteiger partial charge in [-0.2, -0.15) is 0 Å². The van der Waals surface area contributed by atoms with Crippen LogP contribution in [0.5, 0.6) is 11.6 Å². The first-order valence-electron chi connectivity index (χ1n) is 8.20. The van der Waals surface area contributed by atoms with Crippen molar-refractivity contribution in [1.82, 2.24) is 10.3 Å². The molecule has 0 unspecified atom stereocenters. The van der Waals surface area contributed by atoms with Crippen LogP contribution in [0.25, 0.3) is 0 Å². The second kappa shape index (κ2) is 9.77. The molecule has 3 N–H and O–H groups in total. The second-order valence-electron chi connectivity index (χ2n) is 5.77. The van der Waals surface area contributed by atoms with Crippen LogP contribution in [0.4, 0.5) is 8.78 Å². The zero-order valence-electron chi connectivity index (χ0n) is 14.7. The number of nitrogens with one attached hydrogen (secondary N) is 1. The fourth-order valence-electron chi connectivity index (χ4n) is 2.36. The highest BCUT2D eigenvalue weighted by atomic mass is 35.5. The summed E-state index contributed by atoms with van der Waals surface area (Å²) in [7, 11) is 0. The molecule has 3 rings (SSSR count). The standard InChI is InChI=1S/C20H17F2N3O2.ClH/c21-15-5-7-17(8-6-15)27-20-18(9-16(22)12-25-20)19(26)24-11-14-3-1-13(10-23)2-4-14;/h1-9,12H,10-11,23H2,(H,24,26);1H. The van der Waals surface area contributed by atoms with Crippen molar-refractivity contribution >= 4 is 18.3 Å². The van der Waals surface area contributed by atoms with Crippen LogP contribution in [-0.2, 0) is 13.1 Å². The lowest BCUT2D eigenvalue weighted by atomic mass is 10.1. The summed E-state index contributed by atoms with van der Waals surface area (Å²) in [5, 5.41) is 2.70. The highest BCUT2D eigenvalue weighted by Crippen LogP contribution is 2.24. The van der Waals surface area contributed by atoms with Gasteiger partial charge >= 0.3 is 0 Å². The van der Waals surface area contributed by atoms with E-state index in [1.54, 1.807) is 0 Å². The Labute approximate surface area is 167 Å². The third kappa shape index (κ3) is 5.48. The highest BCUT2D eigenvalue weighted by molar-refractivity contribution is 5.96. The van der Waals surface area contributed by atoms with Crippen molar-refractivity contribution in [1.29, 1.82) is 0 Å². The molecule has 1 amide bonds. The molecule has 2 aromatic carbocycles. The average Bonchev–Trinajstić information content (AvgIpc) is 2.69. The first-order chi connectivity index (χ1) is 13.0. The molecule has 0 aliphatic rings. The summed E-state index contributed by atoms with van der Waals surface area (Å²) >= 11 is 0. The van der Waals surface area contributed by atoms with E-state index in [1.165, 1.54) is 24.3 Å². The lowest BCUT2D eigenvalue weighted by Crippen LogP contribution is -2.23. The molecule has 0 aliphatic carbocycles.